The van der Waals surface area contributed by atoms with Crippen molar-refractivity contribution in [3.63, 3.8) is 0 Å². The minimum atomic E-state index is -0.283. The average Bonchev–Trinajstić information content (AvgIpc) is 1.93. The number of carbonyl (C=O) groups is 1. The molecule has 0 unspecified atom stereocenters. The van der Waals surface area contributed by atoms with Crippen LogP contribution in [0.15, 0.2) is 24.3 Å². The molecule has 0 atom stereocenters. The predicted molar refractivity (Wildman–Crippen MR) is 51.6 cm³/mol. The van der Waals surface area contributed by atoms with E-state index in [0.29, 0.717) is 5.75 Å². The number of ether oxygens (including phenoxy) is 1. The molecule has 60 valence electrons. The van der Waals surface area contributed by atoms with Crippen LogP contribution in [0.25, 0.3) is 0 Å². The molecule has 0 aliphatic heterocycles. The topological polar surface area (TPSA) is 26.3 Å². The van der Waals surface area contributed by atoms with Gasteiger partial charge in [-0.3, -0.25) is 4.79 Å². The van der Waals surface area contributed by atoms with Gasteiger partial charge in [-0.1, -0.05) is 12.1 Å². The molecule has 0 bridgehead atoms. The third-order valence-electron chi connectivity index (χ3n) is 1.09. The third kappa shape index (κ3) is 4.34. The number of hydrogen-bond acceptors (Lipinski definition) is 2. The normalized spacial score (nSPS) is 8.50. The van der Waals surface area contributed by atoms with Gasteiger partial charge >= 0.3 is 57.4 Å². The van der Waals surface area contributed by atoms with E-state index >= 15 is 0 Å². The zero-order valence-corrected chi connectivity index (χ0v) is 12.3. The van der Waals surface area contributed by atoms with Crippen molar-refractivity contribution in [2.75, 3.05) is 0 Å². The minimum Gasteiger partial charge on any atom is -1.00 e. The van der Waals surface area contributed by atoms with Crippen molar-refractivity contribution in [3.8, 4) is 5.75 Å². The molecule has 0 aliphatic rings. The number of rotatable bonds is 1. The van der Waals surface area contributed by atoms with Gasteiger partial charge in [0.15, 0.2) is 0 Å². The fraction of sp³-hybridized carbons (Fsp3) is 0.125. The molecule has 1 aromatic rings. The van der Waals surface area contributed by atoms with E-state index in [1.54, 1.807) is 6.07 Å². The summed E-state index contributed by atoms with van der Waals surface area (Å²) in [4.78, 5) is 10.5. The van der Waals surface area contributed by atoms with Crippen molar-refractivity contribution in [2.24, 2.45) is 0 Å². The number of esters is 1. The summed E-state index contributed by atoms with van der Waals surface area (Å²) in [6.07, 6.45) is 0. The molecule has 1 rings (SSSR count). The van der Waals surface area contributed by atoms with Crippen molar-refractivity contribution in [3.05, 3.63) is 27.8 Å². The largest absolute Gasteiger partial charge is 1.00 e. The molecule has 0 aliphatic carbocycles. The van der Waals surface area contributed by atoms with E-state index in [1.807, 2.05) is 18.2 Å². The zero-order valence-electron chi connectivity index (χ0n) is 8.00. The predicted octanol–water partition coefficient (Wildman–Crippen LogP) is -0.667. The molecule has 2 nitrogen and oxygen atoms in total. The van der Waals surface area contributed by atoms with Gasteiger partial charge in [-0.15, -0.1) is 0 Å². The second kappa shape index (κ2) is 6.50. The second-order valence-corrected chi connectivity index (χ2v) is 3.19. The van der Waals surface area contributed by atoms with Gasteiger partial charge in [0.05, 0.1) is 3.57 Å². The fourth-order valence-electron chi connectivity index (χ4n) is 0.682. The van der Waals surface area contributed by atoms with Crippen LogP contribution in [0.3, 0.4) is 0 Å². The Balaban J connectivity index is 0. The number of carbonyl (C=O) groups excluding carboxylic acids is 1. The first-order valence-corrected chi connectivity index (χ1v) is 4.21. The monoisotopic (exact) mass is 302 g/mol. The number of para-hydroxylation sites is 1. The van der Waals surface area contributed by atoms with Crippen LogP contribution in [0, 0.1) is 3.57 Å². The molecule has 0 saturated carbocycles. The van der Waals surface area contributed by atoms with E-state index in [4.69, 9.17) is 4.74 Å². The first-order chi connectivity index (χ1) is 5.20. The third-order valence-corrected chi connectivity index (χ3v) is 1.98. The van der Waals surface area contributed by atoms with Gasteiger partial charge in [-0.25, -0.2) is 0 Å². The summed E-state index contributed by atoms with van der Waals surface area (Å²) >= 11 is 2.12. The van der Waals surface area contributed by atoms with Crippen LogP contribution >= 0.6 is 22.6 Å². The second-order valence-electron chi connectivity index (χ2n) is 2.02. The molecule has 0 N–H and O–H groups in total. The summed E-state index contributed by atoms with van der Waals surface area (Å²) in [6.45, 7) is 1.39. The summed E-state index contributed by atoms with van der Waals surface area (Å²) in [7, 11) is 0. The number of hydrogen-bond donors (Lipinski definition) is 0. The summed E-state index contributed by atoms with van der Waals surface area (Å²) in [5.74, 6) is 0.342. The van der Waals surface area contributed by atoms with Crippen molar-refractivity contribution >= 4 is 28.6 Å². The number of benzene rings is 1. The quantitative estimate of drug-likeness (QED) is 0.298. The van der Waals surface area contributed by atoms with E-state index in [0.717, 1.165) is 3.57 Å². The van der Waals surface area contributed by atoms with E-state index in [1.165, 1.54) is 6.92 Å². The standard InChI is InChI=1S/C8H7IO2.K.H/c1-6(10)11-8-5-3-2-4-7(8)9;;/h2-5H,1H3;;/q;+1;-1. The van der Waals surface area contributed by atoms with Crippen LogP contribution in [0.2, 0.25) is 0 Å². The fourth-order valence-corrected chi connectivity index (χ4v) is 1.18. The van der Waals surface area contributed by atoms with E-state index in [9.17, 15) is 4.79 Å². The Bertz CT molecular complexity index is 281. The Morgan fingerprint density at radius 2 is 2.08 bits per heavy atom. The van der Waals surface area contributed by atoms with Gasteiger partial charge in [0.2, 0.25) is 0 Å². The van der Waals surface area contributed by atoms with Crippen LogP contribution in [0.4, 0.5) is 0 Å². The first-order valence-electron chi connectivity index (χ1n) is 3.13. The van der Waals surface area contributed by atoms with Crippen LogP contribution in [0.5, 0.6) is 5.75 Å². The van der Waals surface area contributed by atoms with E-state index in [2.05, 4.69) is 22.6 Å². The van der Waals surface area contributed by atoms with Crippen LogP contribution in [-0.4, -0.2) is 5.97 Å². The van der Waals surface area contributed by atoms with E-state index in [-0.39, 0.29) is 58.8 Å². The minimum absolute atomic E-state index is 0. The van der Waals surface area contributed by atoms with Gasteiger partial charge in [0.25, 0.3) is 0 Å². The summed E-state index contributed by atoms with van der Waals surface area (Å²) < 4.78 is 5.84. The van der Waals surface area contributed by atoms with Gasteiger partial charge in [0.1, 0.15) is 5.75 Å². The summed E-state index contributed by atoms with van der Waals surface area (Å²) in [5, 5.41) is 0. The van der Waals surface area contributed by atoms with Gasteiger partial charge in [-0.05, 0) is 34.7 Å². The molecule has 4 heteroatoms. The maximum Gasteiger partial charge on any atom is 1.00 e. The zero-order chi connectivity index (χ0) is 8.27. The van der Waals surface area contributed by atoms with Gasteiger partial charge in [-0.2, -0.15) is 0 Å². The Morgan fingerprint density at radius 3 is 2.58 bits per heavy atom. The van der Waals surface area contributed by atoms with Crippen LogP contribution in [0.1, 0.15) is 8.35 Å². The average molecular weight is 302 g/mol. The molecule has 0 aromatic heterocycles. The SMILES string of the molecule is CC(=O)Oc1ccccc1I.[H-].[K+]. The van der Waals surface area contributed by atoms with Crippen LogP contribution < -0.4 is 56.1 Å². The molecule has 0 amide bonds. The first kappa shape index (κ1) is 13.1. The Kier molecular flexibility index (Phi) is 7.07. The molecule has 0 fully saturated rings. The summed E-state index contributed by atoms with van der Waals surface area (Å²) in [6, 6.07) is 7.39. The molecule has 0 heterocycles. The van der Waals surface area contributed by atoms with Crippen molar-refractivity contribution in [2.45, 2.75) is 6.92 Å². The van der Waals surface area contributed by atoms with Gasteiger partial charge < -0.3 is 6.16 Å². The molecule has 0 spiro atoms. The van der Waals surface area contributed by atoms with Crippen molar-refractivity contribution < 1.29 is 62.3 Å². The Morgan fingerprint density at radius 1 is 1.50 bits per heavy atom. The molecular formula is C8H8IKO2. The molecule has 0 saturated heterocycles. The Labute approximate surface area is 129 Å². The smallest absolute Gasteiger partial charge is 1.00 e. The molecule has 1 aromatic carbocycles. The van der Waals surface area contributed by atoms with Crippen molar-refractivity contribution in [1.29, 1.82) is 0 Å². The van der Waals surface area contributed by atoms with Crippen LogP contribution in [-0.2, 0) is 4.79 Å². The van der Waals surface area contributed by atoms with E-state index < -0.39 is 0 Å². The molecular weight excluding hydrogens is 294 g/mol. The molecule has 0 radical (unpaired) electrons. The van der Waals surface area contributed by atoms with Gasteiger partial charge in [0, 0.05) is 6.92 Å². The maximum atomic E-state index is 10.5. The summed E-state index contributed by atoms with van der Waals surface area (Å²) in [5.41, 5.74) is 0. The number of halogens is 1. The molecule has 12 heavy (non-hydrogen) atoms. The maximum absolute atomic E-state index is 10.5. The Hall–Kier alpha value is 1.06. The van der Waals surface area contributed by atoms with Crippen molar-refractivity contribution in [1.82, 2.24) is 0 Å².